The molecule has 0 N–H and O–H groups in total. The summed E-state index contributed by atoms with van der Waals surface area (Å²) in [6.45, 7) is 6.55. The van der Waals surface area contributed by atoms with E-state index in [2.05, 4.69) is 106 Å². The van der Waals surface area contributed by atoms with Gasteiger partial charge in [-0.2, -0.15) is 0 Å². The lowest BCUT2D eigenvalue weighted by molar-refractivity contribution is -0.167. The Labute approximate surface area is 515 Å². The highest BCUT2D eigenvalue weighted by atomic mass is 16.6. The Hall–Kier alpha value is -3.41. The summed E-state index contributed by atoms with van der Waals surface area (Å²) in [7, 11) is 0. The van der Waals surface area contributed by atoms with Crippen molar-refractivity contribution in [3.63, 3.8) is 0 Å². The monoisotopic (exact) mass is 1160 g/mol. The van der Waals surface area contributed by atoms with Crippen LogP contribution in [0.15, 0.2) is 85.1 Å². The molecule has 0 aliphatic carbocycles. The van der Waals surface area contributed by atoms with Gasteiger partial charge < -0.3 is 14.2 Å². The summed E-state index contributed by atoms with van der Waals surface area (Å²) >= 11 is 0. The van der Waals surface area contributed by atoms with Crippen LogP contribution in [-0.2, 0) is 28.6 Å². The lowest BCUT2D eigenvalue weighted by atomic mass is 10.0. The molecule has 0 aromatic rings. The second-order valence-corrected chi connectivity index (χ2v) is 24.1. The van der Waals surface area contributed by atoms with E-state index < -0.39 is 6.10 Å². The van der Waals surface area contributed by atoms with E-state index in [1.54, 1.807) is 0 Å². The normalized spacial score (nSPS) is 12.6. The Morgan fingerprint density at radius 1 is 0.253 bits per heavy atom. The molecule has 83 heavy (non-hydrogen) atoms. The molecule has 0 rings (SSSR count). The van der Waals surface area contributed by atoms with Crippen LogP contribution >= 0.6 is 0 Å². The molecular weight excluding hydrogens is 1020 g/mol. The maximum absolute atomic E-state index is 12.9. The molecule has 0 fully saturated rings. The van der Waals surface area contributed by atoms with E-state index in [9.17, 15) is 14.4 Å². The summed E-state index contributed by atoms with van der Waals surface area (Å²) in [5.41, 5.74) is 0. The molecule has 0 bridgehead atoms. The van der Waals surface area contributed by atoms with E-state index in [4.69, 9.17) is 14.2 Å². The molecule has 0 aromatic heterocycles. The van der Waals surface area contributed by atoms with E-state index in [0.29, 0.717) is 19.3 Å². The minimum Gasteiger partial charge on any atom is -0.462 e. The van der Waals surface area contributed by atoms with Crippen molar-refractivity contribution in [2.75, 3.05) is 13.2 Å². The van der Waals surface area contributed by atoms with Crippen LogP contribution in [0.25, 0.3) is 0 Å². The van der Waals surface area contributed by atoms with E-state index >= 15 is 0 Å². The number of unbranched alkanes of at least 4 members (excludes halogenated alkanes) is 41. The summed E-state index contributed by atoms with van der Waals surface area (Å²) in [5, 5.41) is 0. The van der Waals surface area contributed by atoms with Crippen LogP contribution in [-0.4, -0.2) is 37.2 Å². The van der Waals surface area contributed by atoms with Crippen LogP contribution in [0.5, 0.6) is 0 Å². The van der Waals surface area contributed by atoms with Gasteiger partial charge in [-0.15, -0.1) is 0 Å². The van der Waals surface area contributed by atoms with Gasteiger partial charge in [0.25, 0.3) is 0 Å². The first-order chi connectivity index (χ1) is 41.0. The Morgan fingerprint density at radius 3 is 0.747 bits per heavy atom. The number of hydrogen-bond acceptors (Lipinski definition) is 6. The van der Waals surface area contributed by atoms with Gasteiger partial charge in [0, 0.05) is 19.3 Å². The molecule has 1 unspecified atom stereocenters. The highest BCUT2D eigenvalue weighted by Crippen LogP contribution is 2.18. The zero-order chi connectivity index (χ0) is 59.9. The van der Waals surface area contributed by atoms with Gasteiger partial charge >= 0.3 is 17.9 Å². The molecule has 0 spiro atoms. The van der Waals surface area contributed by atoms with Crippen molar-refractivity contribution in [3.05, 3.63) is 85.1 Å². The van der Waals surface area contributed by atoms with Crippen LogP contribution in [0, 0.1) is 0 Å². The maximum atomic E-state index is 12.9. The fraction of sp³-hybridized carbons (Fsp3) is 0.779. The van der Waals surface area contributed by atoms with Crippen molar-refractivity contribution < 1.29 is 28.6 Å². The Morgan fingerprint density at radius 2 is 0.470 bits per heavy atom. The van der Waals surface area contributed by atoms with Crippen molar-refractivity contribution in [2.45, 2.75) is 374 Å². The quantitative estimate of drug-likeness (QED) is 0.0261. The van der Waals surface area contributed by atoms with Crippen LogP contribution < -0.4 is 0 Å². The first kappa shape index (κ1) is 79.6. The van der Waals surface area contributed by atoms with Gasteiger partial charge in [0.05, 0.1) is 0 Å². The molecule has 0 aliphatic rings. The number of carbonyl (C=O) groups excluding carboxylic acids is 3. The molecule has 6 heteroatoms. The van der Waals surface area contributed by atoms with Crippen LogP contribution in [0.2, 0.25) is 0 Å². The molecular formula is C77H136O6. The first-order valence-electron chi connectivity index (χ1n) is 36.1. The molecule has 0 radical (unpaired) electrons. The predicted molar refractivity (Wildman–Crippen MR) is 362 cm³/mol. The summed E-state index contributed by atoms with van der Waals surface area (Å²) in [6, 6.07) is 0. The lowest BCUT2D eigenvalue weighted by Crippen LogP contribution is -2.30. The third-order valence-corrected chi connectivity index (χ3v) is 15.9. The zero-order valence-corrected chi connectivity index (χ0v) is 55.2. The number of rotatable bonds is 66. The van der Waals surface area contributed by atoms with Gasteiger partial charge in [-0.05, 0) is 96.3 Å². The van der Waals surface area contributed by atoms with Gasteiger partial charge in [0.1, 0.15) is 13.2 Å². The molecule has 1 atom stereocenters. The fourth-order valence-electron chi connectivity index (χ4n) is 10.5. The van der Waals surface area contributed by atoms with Crippen molar-refractivity contribution in [1.29, 1.82) is 0 Å². The number of hydrogen-bond donors (Lipinski definition) is 0. The molecule has 0 heterocycles. The molecule has 0 saturated heterocycles. The lowest BCUT2D eigenvalue weighted by Gasteiger charge is -2.18. The van der Waals surface area contributed by atoms with Gasteiger partial charge in [0.2, 0.25) is 0 Å². The number of carbonyl (C=O) groups is 3. The minimum absolute atomic E-state index is 0.0731. The van der Waals surface area contributed by atoms with Gasteiger partial charge in [-0.3, -0.25) is 14.4 Å². The Balaban J connectivity index is 4.15. The molecule has 480 valence electrons. The van der Waals surface area contributed by atoms with Crippen LogP contribution in [0.4, 0.5) is 0 Å². The van der Waals surface area contributed by atoms with Gasteiger partial charge in [-0.25, -0.2) is 0 Å². The minimum atomic E-state index is -0.776. The van der Waals surface area contributed by atoms with Crippen LogP contribution in [0.3, 0.4) is 0 Å². The molecule has 0 aromatic carbocycles. The largest absolute Gasteiger partial charge is 0.462 e. The average molecular weight is 1160 g/mol. The van der Waals surface area contributed by atoms with E-state index in [-0.39, 0.29) is 31.1 Å². The fourth-order valence-corrected chi connectivity index (χ4v) is 10.5. The van der Waals surface area contributed by atoms with Crippen molar-refractivity contribution in [1.82, 2.24) is 0 Å². The maximum Gasteiger partial charge on any atom is 0.306 e. The molecule has 0 saturated carbocycles. The summed E-state index contributed by atoms with van der Waals surface area (Å²) < 4.78 is 16.9. The third kappa shape index (κ3) is 69.3. The average Bonchev–Trinajstić information content (AvgIpc) is 3.49. The van der Waals surface area contributed by atoms with Crippen molar-refractivity contribution in [2.24, 2.45) is 0 Å². The third-order valence-electron chi connectivity index (χ3n) is 15.9. The standard InChI is InChI=1S/C77H136O6/c1-4-7-10-13-16-19-21-23-25-27-29-31-33-35-37-38-40-41-43-45-47-49-51-53-55-58-61-64-67-70-76(79)82-73-74(72-81-75(78)69-66-63-60-57-18-15-12-9-6-3)83-77(80)71-68-65-62-59-56-54-52-50-48-46-44-42-39-36-34-32-30-28-26-24-22-20-17-14-11-8-5-2/h7,10,16,19,23,25,28-31,35,37,40-41,74H,4-6,8-9,11-15,17-18,20-22,24,26-27,32-34,36,38-39,42-73H2,1-3H3/b10-7-,19-16-,25-23-,30-28-,31-29-,37-35-,41-40-. The smallest absolute Gasteiger partial charge is 0.306 e. The van der Waals surface area contributed by atoms with Crippen LogP contribution in [0.1, 0.15) is 367 Å². The predicted octanol–water partition coefficient (Wildman–Crippen LogP) is 25.0. The summed E-state index contributed by atoms with van der Waals surface area (Å²) in [6.07, 6.45) is 94.9. The molecule has 6 nitrogen and oxygen atoms in total. The molecule has 0 aliphatic heterocycles. The van der Waals surface area contributed by atoms with Gasteiger partial charge in [-0.1, -0.05) is 337 Å². The highest BCUT2D eigenvalue weighted by molar-refractivity contribution is 5.71. The summed E-state index contributed by atoms with van der Waals surface area (Å²) in [4.78, 5) is 38.3. The van der Waals surface area contributed by atoms with E-state index in [1.807, 2.05) is 0 Å². The Kier molecular flexibility index (Phi) is 68.2. The molecule has 0 amide bonds. The number of esters is 3. The van der Waals surface area contributed by atoms with E-state index in [0.717, 1.165) is 96.3 Å². The number of allylic oxidation sites excluding steroid dienone is 14. The second-order valence-electron chi connectivity index (χ2n) is 24.1. The highest BCUT2D eigenvalue weighted by Gasteiger charge is 2.19. The number of ether oxygens (including phenoxy) is 3. The first-order valence-corrected chi connectivity index (χ1v) is 36.1. The van der Waals surface area contributed by atoms with Crippen molar-refractivity contribution in [3.8, 4) is 0 Å². The van der Waals surface area contributed by atoms with Gasteiger partial charge in [0.15, 0.2) is 6.10 Å². The van der Waals surface area contributed by atoms with Crippen molar-refractivity contribution >= 4 is 17.9 Å². The summed E-state index contributed by atoms with van der Waals surface area (Å²) in [5.74, 6) is -0.862. The topological polar surface area (TPSA) is 78.9 Å². The SMILES string of the molecule is CC/C=C\C/C=C\C/C=C\C/C=C\C/C=C\C/C=C\CCCCCCCCCCCCC(=O)OCC(COC(=O)CCCCCCCCCCC)OC(=O)CCCCCCCCCCCCCCCCC/C=C\CCCCCCCCCC. The van der Waals surface area contributed by atoms with E-state index in [1.165, 1.54) is 231 Å². The Bertz CT molecular complexity index is 1570. The second kappa shape index (κ2) is 71.1. The zero-order valence-electron chi connectivity index (χ0n) is 55.2.